The third-order valence-electron chi connectivity index (χ3n) is 1.79. The summed E-state index contributed by atoms with van der Waals surface area (Å²) in [7, 11) is 1.50. The number of aliphatic hydroxyl groups is 1. The van der Waals surface area contributed by atoms with Crippen molar-refractivity contribution in [1.82, 2.24) is 10.3 Å². The van der Waals surface area contributed by atoms with Crippen molar-refractivity contribution in [1.29, 1.82) is 0 Å². The minimum absolute atomic E-state index is 0.237. The number of hydrogen-bond donors (Lipinski definition) is 3. The monoisotopic (exact) mass is 175 g/mol. The number of hydrogen-bond acceptors (Lipinski definition) is 4. The van der Waals surface area contributed by atoms with Gasteiger partial charge in [0.1, 0.15) is 5.60 Å². The minimum Gasteiger partial charge on any atom is -0.384 e. The number of nitrogens with one attached hydrogen (secondary N) is 1. The van der Waals surface area contributed by atoms with Crippen molar-refractivity contribution in [3.63, 3.8) is 0 Å². The fourth-order valence-corrected chi connectivity index (χ4v) is 1.26. The van der Waals surface area contributed by atoms with Crippen LogP contribution in [0.2, 0.25) is 0 Å². The zero-order chi connectivity index (χ0) is 9.19. The molecule has 6 nitrogen and oxygen atoms in total. The number of nitrogens with zero attached hydrogens (tertiary/aromatic N) is 1. The summed E-state index contributed by atoms with van der Waals surface area (Å²) in [4.78, 5) is 12.2. The predicted octanol–water partition coefficient (Wildman–Crippen LogP) is -1.74. The molecule has 1 fully saturated rings. The number of carbonyl (C=O) groups is 1. The lowest BCUT2D eigenvalue weighted by atomic mass is 9.96. The number of likely N-dealkylation sites (tertiary alicyclic amines) is 1. The van der Waals surface area contributed by atoms with Crippen LogP contribution < -0.4 is 11.3 Å². The fourth-order valence-electron chi connectivity index (χ4n) is 1.26. The Kier molecular flexibility index (Phi) is 2.51. The molecule has 12 heavy (non-hydrogen) atoms. The summed E-state index contributed by atoms with van der Waals surface area (Å²) in [5, 5.41) is 9.54. The largest absolute Gasteiger partial charge is 0.384 e. The van der Waals surface area contributed by atoms with Crippen molar-refractivity contribution in [2.45, 2.75) is 5.60 Å². The van der Waals surface area contributed by atoms with E-state index in [9.17, 15) is 9.90 Å². The van der Waals surface area contributed by atoms with Gasteiger partial charge >= 0.3 is 6.03 Å². The Morgan fingerprint density at radius 1 is 1.83 bits per heavy atom. The number of rotatable bonds is 2. The molecule has 1 aliphatic rings. The lowest BCUT2D eigenvalue weighted by molar-refractivity contribution is -0.115. The normalized spacial score (nSPS) is 20.1. The maximum absolute atomic E-state index is 10.8. The number of hydrazine groups is 1. The Morgan fingerprint density at radius 3 is 2.83 bits per heavy atom. The van der Waals surface area contributed by atoms with E-state index >= 15 is 0 Å². The second kappa shape index (κ2) is 3.26. The van der Waals surface area contributed by atoms with E-state index in [1.807, 2.05) is 5.43 Å². The first kappa shape index (κ1) is 9.24. The summed E-state index contributed by atoms with van der Waals surface area (Å²) in [6.45, 7) is 0.773. The zero-order valence-corrected chi connectivity index (χ0v) is 6.91. The molecule has 4 N–H and O–H groups in total. The Balaban J connectivity index is 2.31. The maximum atomic E-state index is 10.8. The first-order valence-electron chi connectivity index (χ1n) is 3.58. The highest BCUT2D eigenvalue weighted by molar-refractivity contribution is 5.74. The van der Waals surface area contributed by atoms with Crippen LogP contribution in [0.4, 0.5) is 4.79 Å². The summed E-state index contributed by atoms with van der Waals surface area (Å²) in [6.07, 6.45) is 0. The van der Waals surface area contributed by atoms with Gasteiger partial charge in [0, 0.05) is 7.11 Å². The number of nitrogens with two attached hydrogens (primary N) is 1. The van der Waals surface area contributed by atoms with Gasteiger partial charge < -0.3 is 14.7 Å². The lowest BCUT2D eigenvalue weighted by Gasteiger charge is -2.45. The first-order valence-corrected chi connectivity index (χ1v) is 3.58. The molecule has 0 aromatic heterocycles. The fraction of sp³-hybridized carbons (Fsp3) is 0.833. The predicted molar refractivity (Wildman–Crippen MR) is 41.1 cm³/mol. The van der Waals surface area contributed by atoms with Crippen molar-refractivity contribution in [2.75, 3.05) is 26.8 Å². The molecular formula is C6H13N3O3. The molecule has 6 heteroatoms. The Hall–Kier alpha value is -0.850. The molecule has 1 heterocycles. The number of methoxy groups -OCH3 is 1. The van der Waals surface area contributed by atoms with Gasteiger partial charge in [0.2, 0.25) is 0 Å². The molecule has 2 amide bonds. The van der Waals surface area contributed by atoms with Crippen molar-refractivity contribution >= 4 is 6.03 Å². The summed E-state index contributed by atoms with van der Waals surface area (Å²) >= 11 is 0. The second-order valence-corrected chi connectivity index (χ2v) is 2.96. The quantitative estimate of drug-likeness (QED) is 0.264. The number of ether oxygens (including phenoxy) is 1. The van der Waals surface area contributed by atoms with Crippen LogP contribution in [-0.4, -0.2) is 48.4 Å². The van der Waals surface area contributed by atoms with E-state index in [2.05, 4.69) is 0 Å². The number of carbonyl (C=O) groups excluding carboxylic acids is 1. The van der Waals surface area contributed by atoms with E-state index in [0.29, 0.717) is 0 Å². The van der Waals surface area contributed by atoms with Crippen LogP contribution in [-0.2, 0) is 4.74 Å². The van der Waals surface area contributed by atoms with Crippen LogP contribution in [0.15, 0.2) is 0 Å². The van der Waals surface area contributed by atoms with Crippen molar-refractivity contribution < 1.29 is 14.6 Å². The van der Waals surface area contributed by atoms with Gasteiger partial charge in [-0.1, -0.05) is 0 Å². The number of β-amino-alcohol motifs (C(OH)–C–C–N with tert-alkyl or cyclic N) is 1. The summed E-state index contributed by atoms with van der Waals surface area (Å²) in [5.41, 5.74) is 1.09. The van der Waals surface area contributed by atoms with Gasteiger partial charge in [-0.25, -0.2) is 10.6 Å². The van der Waals surface area contributed by atoms with E-state index in [1.165, 1.54) is 12.0 Å². The molecule has 0 aliphatic carbocycles. The number of amides is 2. The molecule has 70 valence electrons. The van der Waals surface area contributed by atoms with E-state index < -0.39 is 5.60 Å². The zero-order valence-electron chi connectivity index (χ0n) is 6.91. The van der Waals surface area contributed by atoms with Crippen LogP contribution in [0.3, 0.4) is 0 Å². The highest BCUT2D eigenvalue weighted by atomic mass is 16.5. The Labute approximate surface area is 70.2 Å². The van der Waals surface area contributed by atoms with Crippen molar-refractivity contribution in [3.8, 4) is 0 Å². The van der Waals surface area contributed by atoms with Gasteiger partial charge in [-0.15, -0.1) is 0 Å². The minimum atomic E-state index is -0.888. The highest BCUT2D eigenvalue weighted by Gasteiger charge is 2.43. The molecule has 0 bridgehead atoms. The van der Waals surface area contributed by atoms with Crippen LogP contribution in [0.25, 0.3) is 0 Å². The smallest absolute Gasteiger partial charge is 0.331 e. The summed E-state index contributed by atoms with van der Waals surface area (Å²) in [5.74, 6) is 4.89. The average Bonchev–Trinajstić information content (AvgIpc) is 1.99. The molecular weight excluding hydrogens is 162 g/mol. The van der Waals surface area contributed by atoms with Gasteiger partial charge in [0.05, 0.1) is 19.7 Å². The maximum Gasteiger partial charge on any atom is 0.331 e. The molecule has 0 unspecified atom stereocenters. The molecule has 0 aromatic rings. The SMILES string of the molecule is COCC1(O)CN(C(=O)NN)C1. The third kappa shape index (κ3) is 1.66. The van der Waals surface area contributed by atoms with Gasteiger partial charge in [0.25, 0.3) is 0 Å². The molecule has 0 atom stereocenters. The van der Waals surface area contributed by atoms with Crippen LogP contribution >= 0.6 is 0 Å². The molecule has 0 radical (unpaired) electrons. The van der Waals surface area contributed by atoms with E-state index in [4.69, 9.17) is 10.6 Å². The topological polar surface area (TPSA) is 87.8 Å². The Morgan fingerprint density at radius 2 is 2.42 bits per heavy atom. The van der Waals surface area contributed by atoms with Crippen LogP contribution in [0, 0.1) is 0 Å². The molecule has 0 aromatic carbocycles. The Bertz CT molecular complexity index is 179. The first-order chi connectivity index (χ1) is 5.61. The average molecular weight is 175 g/mol. The molecule has 0 spiro atoms. The van der Waals surface area contributed by atoms with Crippen LogP contribution in [0.1, 0.15) is 0 Å². The molecule has 1 saturated heterocycles. The van der Waals surface area contributed by atoms with Gasteiger partial charge in [-0.2, -0.15) is 0 Å². The van der Waals surface area contributed by atoms with Gasteiger partial charge in [0.15, 0.2) is 0 Å². The molecule has 1 rings (SSSR count). The molecule has 0 saturated carbocycles. The van der Waals surface area contributed by atoms with Crippen LogP contribution in [0.5, 0.6) is 0 Å². The summed E-state index contributed by atoms with van der Waals surface area (Å²) < 4.78 is 4.77. The summed E-state index contributed by atoms with van der Waals surface area (Å²) in [6, 6.07) is -0.379. The van der Waals surface area contributed by atoms with Crippen molar-refractivity contribution in [3.05, 3.63) is 0 Å². The van der Waals surface area contributed by atoms with Crippen molar-refractivity contribution in [2.24, 2.45) is 5.84 Å². The second-order valence-electron chi connectivity index (χ2n) is 2.96. The lowest BCUT2D eigenvalue weighted by Crippen LogP contribution is -2.67. The van der Waals surface area contributed by atoms with E-state index in [1.54, 1.807) is 0 Å². The third-order valence-corrected chi connectivity index (χ3v) is 1.79. The highest BCUT2D eigenvalue weighted by Crippen LogP contribution is 2.20. The standard InChI is InChI=1S/C6H13N3O3/c1-12-4-6(11)2-9(3-6)5(10)8-7/h11H,2-4,7H2,1H3,(H,8,10). The van der Waals surface area contributed by atoms with E-state index in [-0.39, 0.29) is 25.7 Å². The van der Waals surface area contributed by atoms with Gasteiger partial charge in [-0.05, 0) is 0 Å². The number of urea groups is 1. The van der Waals surface area contributed by atoms with E-state index in [0.717, 1.165) is 0 Å². The van der Waals surface area contributed by atoms with Gasteiger partial charge in [-0.3, -0.25) is 5.43 Å². The molecule has 1 aliphatic heterocycles.